The molecule has 2 rings (SSSR count). The fourth-order valence-corrected chi connectivity index (χ4v) is 2.61. The van der Waals surface area contributed by atoms with Crippen molar-refractivity contribution in [2.24, 2.45) is 0 Å². The Morgan fingerprint density at radius 1 is 1.17 bits per heavy atom. The fourth-order valence-electron chi connectivity index (χ4n) is 1.92. The third kappa shape index (κ3) is 4.97. The number of carbonyl (C=O) groups is 1. The van der Waals surface area contributed by atoms with Crippen molar-refractivity contribution in [1.29, 1.82) is 0 Å². The number of halogens is 4. The lowest BCUT2D eigenvalue weighted by Crippen LogP contribution is -2.19. The number of aryl methyl sites for hydroxylation is 1. The summed E-state index contributed by atoms with van der Waals surface area (Å²) >= 11 is 5.64. The van der Waals surface area contributed by atoms with Crippen LogP contribution in [0, 0.1) is 6.92 Å². The van der Waals surface area contributed by atoms with Crippen LogP contribution in [-0.4, -0.2) is 10.6 Å². The highest BCUT2D eigenvalue weighted by Gasteiger charge is 2.31. The maximum absolute atomic E-state index is 13.8. The molecule has 0 heterocycles. The van der Waals surface area contributed by atoms with E-state index in [0.717, 1.165) is 16.1 Å². The molecule has 0 aliphatic carbocycles. The molecule has 0 atom stereocenters. The number of nitrogens with one attached hydrogen (secondary N) is 1. The van der Waals surface area contributed by atoms with E-state index < -0.39 is 16.3 Å². The van der Waals surface area contributed by atoms with Gasteiger partial charge in [-0.25, -0.2) is 0 Å². The third-order valence-corrected chi connectivity index (χ3v) is 4.02. The van der Waals surface area contributed by atoms with Crippen LogP contribution < -0.4 is 5.32 Å². The lowest BCUT2D eigenvalue weighted by Gasteiger charge is -2.17. The Kier molecular flexibility index (Phi) is 5.70. The highest BCUT2D eigenvalue weighted by atomic mass is 79.9. The lowest BCUT2D eigenvalue weighted by molar-refractivity contribution is 0.103. The maximum atomic E-state index is 13.8. The van der Waals surface area contributed by atoms with Gasteiger partial charge in [-0.15, -0.1) is 0 Å². The molecule has 0 amide bonds. The van der Waals surface area contributed by atoms with Crippen molar-refractivity contribution in [2.45, 2.75) is 11.8 Å². The first-order valence-electron chi connectivity index (χ1n) is 6.69. The Labute approximate surface area is 149 Å². The van der Waals surface area contributed by atoms with Crippen molar-refractivity contribution in [3.8, 4) is 0 Å². The van der Waals surface area contributed by atoms with Gasteiger partial charge in [-0.1, -0.05) is 46.3 Å². The van der Waals surface area contributed by atoms with Crippen LogP contribution >= 0.6 is 31.9 Å². The van der Waals surface area contributed by atoms with Gasteiger partial charge in [-0.2, -0.15) is 8.78 Å². The van der Waals surface area contributed by atoms with E-state index in [0.29, 0.717) is 11.3 Å². The number of anilines is 1. The van der Waals surface area contributed by atoms with Gasteiger partial charge in [0.1, 0.15) is 5.70 Å². The van der Waals surface area contributed by atoms with Crippen LogP contribution in [0.5, 0.6) is 0 Å². The molecule has 2 aromatic rings. The highest BCUT2D eigenvalue weighted by Crippen LogP contribution is 2.33. The summed E-state index contributed by atoms with van der Waals surface area (Å²) in [4.78, 5) is 8.80. The molecular formula is C17H13Br2F2NO. The second-order valence-corrected chi connectivity index (χ2v) is 6.78. The monoisotopic (exact) mass is 443 g/mol. The second kappa shape index (κ2) is 7.36. The summed E-state index contributed by atoms with van der Waals surface area (Å²) in [5.74, 6) is -0.498. The van der Waals surface area contributed by atoms with Crippen molar-refractivity contribution in [3.63, 3.8) is 0 Å². The number of ketones is 1. The largest absolute Gasteiger partial charge is 0.353 e. The van der Waals surface area contributed by atoms with Crippen LogP contribution in [0.3, 0.4) is 0 Å². The molecule has 23 heavy (non-hydrogen) atoms. The molecule has 0 unspecified atom stereocenters. The van der Waals surface area contributed by atoms with Crippen molar-refractivity contribution in [3.05, 3.63) is 75.9 Å². The zero-order chi connectivity index (χ0) is 17.0. The number of benzene rings is 2. The molecule has 2 aromatic carbocycles. The average Bonchev–Trinajstić information content (AvgIpc) is 2.48. The zero-order valence-electron chi connectivity index (χ0n) is 12.1. The zero-order valence-corrected chi connectivity index (χ0v) is 15.3. The van der Waals surface area contributed by atoms with Gasteiger partial charge in [-0.05, 0) is 46.6 Å². The standard InChI is InChI=1S/C17H13Br2F2NO/c1-11-9-13(18)7-8-14(11)22-16(17(19,20)21)10-15(23)12-5-3-2-4-6-12/h2-10,22H,1H3/b16-10-. The molecule has 120 valence electrons. The molecule has 0 aliphatic heterocycles. The van der Waals surface area contributed by atoms with E-state index >= 15 is 0 Å². The molecule has 0 aromatic heterocycles. The molecule has 0 aliphatic rings. The number of alkyl halides is 3. The number of hydrogen-bond acceptors (Lipinski definition) is 2. The minimum atomic E-state index is -3.35. The second-order valence-electron chi connectivity index (χ2n) is 4.87. The summed E-state index contributed by atoms with van der Waals surface area (Å²) in [6, 6.07) is 13.5. The Hall–Kier alpha value is -1.53. The minimum absolute atomic E-state index is 0.344. The van der Waals surface area contributed by atoms with E-state index in [-0.39, 0.29) is 0 Å². The molecule has 0 radical (unpaired) electrons. The summed E-state index contributed by atoms with van der Waals surface area (Å²) < 4.78 is 28.4. The van der Waals surface area contributed by atoms with Gasteiger partial charge < -0.3 is 5.32 Å². The van der Waals surface area contributed by atoms with Gasteiger partial charge in [0.05, 0.1) is 0 Å². The quantitative estimate of drug-likeness (QED) is 0.352. The van der Waals surface area contributed by atoms with Crippen LogP contribution in [0.4, 0.5) is 14.5 Å². The van der Waals surface area contributed by atoms with Gasteiger partial charge in [0.15, 0.2) is 5.78 Å². The van der Waals surface area contributed by atoms with Gasteiger partial charge >= 0.3 is 4.83 Å². The van der Waals surface area contributed by atoms with E-state index in [2.05, 4.69) is 37.2 Å². The molecule has 0 bridgehead atoms. The molecule has 0 fully saturated rings. The predicted octanol–water partition coefficient (Wildman–Crippen LogP) is 5.92. The van der Waals surface area contributed by atoms with Gasteiger partial charge in [0.25, 0.3) is 0 Å². The molecule has 2 nitrogen and oxygen atoms in total. The van der Waals surface area contributed by atoms with Crippen LogP contribution in [0.25, 0.3) is 0 Å². The normalized spacial score (nSPS) is 12.1. The smallest absolute Gasteiger partial charge is 0.341 e. The maximum Gasteiger partial charge on any atom is 0.341 e. The summed E-state index contributed by atoms with van der Waals surface area (Å²) in [6.07, 6.45) is 0.908. The first kappa shape index (κ1) is 17.8. The summed E-state index contributed by atoms with van der Waals surface area (Å²) in [5.41, 5.74) is 1.10. The third-order valence-electron chi connectivity index (χ3n) is 3.10. The van der Waals surface area contributed by atoms with E-state index in [1.54, 1.807) is 55.5 Å². The minimum Gasteiger partial charge on any atom is -0.353 e. The van der Waals surface area contributed by atoms with E-state index in [1.165, 1.54) is 0 Å². The first-order chi connectivity index (χ1) is 10.8. The van der Waals surface area contributed by atoms with Gasteiger partial charge in [-0.3, -0.25) is 4.79 Å². The number of carbonyl (C=O) groups excluding carboxylic acids is 1. The van der Waals surface area contributed by atoms with Crippen LogP contribution in [-0.2, 0) is 0 Å². The SMILES string of the molecule is Cc1cc(Br)ccc1N/C(=C\C(=O)c1ccccc1)C(F)(F)Br. The number of rotatable bonds is 5. The van der Waals surface area contributed by atoms with Crippen LogP contribution in [0.15, 0.2) is 64.8 Å². The van der Waals surface area contributed by atoms with Crippen molar-refractivity contribution in [2.75, 3.05) is 5.32 Å². The van der Waals surface area contributed by atoms with Crippen LogP contribution in [0.2, 0.25) is 0 Å². The van der Waals surface area contributed by atoms with Crippen molar-refractivity contribution < 1.29 is 13.6 Å². The molecule has 6 heteroatoms. The first-order valence-corrected chi connectivity index (χ1v) is 8.27. The Balaban J connectivity index is 2.34. The molecule has 0 spiro atoms. The van der Waals surface area contributed by atoms with E-state index in [4.69, 9.17) is 0 Å². The van der Waals surface area contributed by atoms with E-state index in [9.17, 15) is 13.6 Å². The van der Waals surface area contributed by atoms with E-state index in [1.807, 2.05) is 0 Å². The average molecular weight is 445 g/mol. The fraction of sp³-hybridized carbons (Fsp3) is 0.118. The molecular weight excluding hydrogens is 432 g/mol. The van der Waals surface area contributed by atoms with Gasteiger partial charge in [0, 0.05) is 21.8 Å². The molecule has 0 saturated heterocycles. The van der Waals surface area contributed by atoms with Gasteiger partial charge in [0.2, 0.25) is 0 Å². The number of hydrogen-bond donors (Lipinski definition) is 1. The van der Waals surface area contributed by atoms with Crippen molar-refractivity contribution in [1.82, 2.24) is 0 Å². The topological polar surface area (TPSA) is 29.1 Å². The Morgan fingerprint density at radius 2 is 1.83 bits per heavy atom. The summed E-state index contributed by atoms with van der Waals surface area (Å²) in [6.45, 7) is 1.79. The Bertz CT molecular complexity index is 740. The molecule has 0 saturated carbocycles. The lowest BCUT2D eigenvalue weighted by atomic mass is 10.1. The molecule has 1 N–H and O–H groups in total. The highest BCUT2D eigenvalue weighted by molar-refractivity contribution is 9.10. The predicted molar refractivity (Wildman–Crippen MR) is 95.2 cm³/mol. The summed E-state index contributed by atoms with van der Waals surface area (Å²) in [7, 11) is 0. The number of allylic oxidation sites excluding steroid dienone is 2. The Morgan fingerprint density at radius 3 is 2.39 bits per heavy atom. The van der Waals surface area contributed by atoms with Crippen LogP contribution in [0.1, 0.15) is 15.9 Å². The van der Waals surface area contributed by atoms with Crippen molar-refractivity contribution >= 4 is 43.3 Å². The summed E-state index contributed by atoms with van der Waals surface area (Å²) in [5, 5.41) is 2.64.